The topological polar surface area (TPSA) is 105 Å². The number of carbonyl (C=O) groups is 1. The Hall–Kier alpha value is -3.14. The number of rotatable bonds is 6. The van der Waals surface area contributed by atoms with E-state index in [1.165, 1.54) is 0 Å². The Morgan fingerprint density at radius 3 is 2.70 bits per heavy atom. The second-order valence-electron chi connectivity index (χ2n) is 7.65. The van der Waals surface area contributed by atoms with Crippen LogP contribution in [0.4, 0.5) is 21.9 Å². The van der Waals surface area contributed by atoms with E-state index in [2.05, 4.69) is 31.4 Å². The first-order chi connectivity index (χ1) is 14.2. The maximum atomic E-state index is 12.0. The summed E-state index contributed by atoms with van der Waals surface area (Å²) in [5.41, 5.74) is 1.75. The van der Waals surface area contributed by atoms with Gasteiger partial charge in [0.05, 0.1) is 16.8 Å². The SMILES string of the molecule is CSC1=C(Nc2cccc(NC(=O)OC(C)(C)C)c2)NC(Nc2cnn(C)c2)N=C1. The molecule has 10 heteroatoms. The van der Waals surface area contributed by atoms with Gasteiger partial charge in [-0.1, -0.05) is 6.07 Å². The number of amides is 1. The van der Waals surface area contributed by atoms with Gasteiger partial charge in [0, 0.05) is 30.8 Å². The number of aromatic nitrogens is 2. The number of anilines is 3. The molecule has 1 unspecified atom stereocenters. The van der Waals surface area contributed by atoms with Gasteiger partial charge in [-0.25, -0.2) is 9.79 Å². The van der Waals surface area contributed by atoms with Crippen LogP contribution in [0.2, 0.25) is 0 Å². The number of nitrogens with zero attached hydrogens (tertiary/aromatic N) is 3. The molecule has 0 saturated heterocycles. The lowest BCUT2D eigenvalue weighted by atomic mass is 10.2. The van der Waals surface area contributed by atoms with Crippen LogP contribution in [-0.4, -0.2) is 40.2 Å². The van der Waals surface area contributed by atoms with Gasteiger partial charge in [-0.15, -0.1) is 11.8 Å². The number of benzene rings is 1. The lowest BCUT2D eigenvalue weighted by molar-refractivity contribution is 0.0636. The van der Waals surface area contributed by atoms with Crippen molar-refractivity contribution >= 4 is 41.1 Å². The number of thioether (sulfide) groups is 1. The monoisotopic (exact) mass is 429 g/mol. The van der Waals surface area contributed by atoms with E-state index in [1.807, 2.05) is 70.8 Å². The van der Waals surface area contributed by atoms with Crippen LogP contribution < -0.4 is 21.3 Å². The van der Waals surface area contributed by atoms with Crippen LogP contribution in [0.3, 0.4) is 0 Å². The van der Waals surface area contributed by atoms with E-state index in [-0.39, 0.29) is 6.29 Å². The minimum absolute atomic E-state index is 0.337. The summed E-state index contributed by atoms with van der Waals surface area (Å²) in [5.74, 6) is 0.813. The van der Waals surface area contributed by atoms with Crippen molar-refractivity contribution in [3.05, 3.63) is 47.4 Å². The Bertz CT molecular complexity index is 962. The normalized spacial score (nSPS) is 16.1. The highest BCUT2D eigenvalue weighted by Gasteiger charge is 2.18. The molecular formula is C20H27N7O2S. The quantitative estimate of drug-likeness (QED) is 0.554. The first-order valence-corrected chi connectivity index (χ1v) is 10.6. The molecule has 1 aliphatic rings. The van der Waals surface area contributed by atoms with E-state index in [1.54, 1.807) is 22.6 Å². The molecule has 9 nitrogen and oxygen atoms in total. The molecule has 0 spiro atoms. The van der Waals surface area contributed by atoms with Crippen LogP contribution >= 0.6 is 11.8 Å². The molecule has 3 rings (SSSR count). The molecule has 0 fully saturated rings. The molecule has 1 aromatic carbocycles. The summed E-state index contributed by atoms with van der Waals surface area (Å²) < 4.78 is 7.03. The predicted octanol–water partition coefficient (Wildman–Crippen LogP) is 3.78. The van der Waals surface area contributed by atoms with Gasteiger partial charge in [-0.3, -0.25) is 10.00 Å². The number of allylic oxidation sites excluding steroid dienone is 1. The second-order valence-corrected chi connectivity index (χ2v) is 8.50. The summed E-state index contributed by atoms with van der Waals surface area (Å²) in [5, 5.41) is 16.9. The summed E-state index contributed by atoms with van der Waals surface area (Å²) in [6.07, 6.45) is 6.59. The van der Waals surface area contributed by atoms with E-state index in [4.69, 9.17) is 4.74 Å². The number of aryl methyl sites for hydroxylation is 1. The van der Waals surface area contributed by atoms with Crippen molar-refractivity contribution in [1.29, 1.82) is 0 Å². The van der Waals surface area contributed by atoms with Gasteiger partial charge in [0.15, 0.2) is 6.29 Å². The average Bonchev–Trinajstić information content (AvgIpc) is 3.05. The number of nitrogens with one attached hydrogen (secondary N) is 4. The minimum Gasteiger partial charge on any atom is -0.444 e. The number of hydrogen-bond acceptors (Lipinski definition) is 8. The Balaban J connectivity index is 1.68. The zero-order chi connectivity index (χ0) is 21.7. The maximum Gasteiger partial charge on any atom is 0.412 e. The fourth-order valence-electron chi connectivity index (χ4n) is 2.67. The van der Waals surface area contributed by atoms with E-state index >= 15 is 0 Å². The van der Waals surface area contributed by atoms with Crippen molar-refractivity contribution in [2.24, 2.45) is 12.0 Å². The lowest BCUT2D eigenvalue weighted by Gasteiger charge is -2.25. The van der Waals surface area contributed by atoms with Gasteiger partial charge in [0.1, 0.15) is 11.4 Å². The van der Waals surface area contributed by atoms with Crippen LogP contribution in [0.15, 0.2) is 52.4 Å². The molecule has 1 aliphatic heterocycles. The smallest absolute Gasteiger partial charge is 0.412 e. The minimum atomic E-state index is -0.556. The van der Waals surface area contributed by atoms with E-state index < -0.39 is 11.7 Å². The van der Waals surface area contributed by atoms with Gasteiger partial charge in [-0.05, 0) is 45.2 Å². The Morgan fingerprint density at radius 1 is 1.27 bits per heavy atom. The predicted molar refractivity (Wildman–Crippen MR) is 123 cm³/mol. The highest BCUT2D eigenvalue weighted by atomic mass is 32.2. The van der Waals surface area contributed by atoms with Gasteiger partial charge >= 0.3 is 6.09 Å². The molecule has 0 saturated carbocycles. The first kappa shape index (κ1) is 21.6. The van der Waals surface area contributed by atoms with Crippen LogP contribution in [0.25, 0.3) is 0 Å². The Morgan fingerprint density at radius 2 is 2.03 bits per heavy atom. The summed E-state index contributed by atoms with van der Waals surface area (Å²) in [7, 11) is 1.86. The summed E-state index contributed by atoms with van der Waals surface area (Å²) in [6, 6.07) is 7.42. The molecule has 1 amide bonds. The third kappa shape index (κ3) is 6.18. The van der Waals surface area contributed by atoms with Crippen molar-refractivity contribution in [3.63, 3.8) is 0 Å². The highest BCUT2D eigenvalue weighted by Crippen LogP contribution is 2.23. The zero-order valence-electron chi connectivity index (χ0n) is 17.7. The molecule has 1 atom stereocenters. The maximum absolute atomic E-state index is 12.0. The van der Waals surface area contributed by atoms with Gasteiger partial charge in [0.2, 0.25) is 0 Å². The lowest BCUT2D eigenvalue weighted by Crippen LogP contribution is -2.39. The molecule has 160 valence electrons. The molecule has 2 aromatic rings. The molecule has 2 heterocycles. The fraction of sp³-hybridized carbons (Fsp3) is 0.350. The van der Waals surface area contributed by atoms with Gasteiger partial charge in [-0.2, -0.15) is 5.10 Å². The third-order valence-corrected chi connectivity index (χ3v) is 4.62. The summed E-state index contributed by atoms with van der Waals surface area (Å²) in [6.45, 7) is 5.48. The molecule has 4 N–H and O–H groups in total. The molecule has 30 heavy (non-hydrogen) atoms. The molecule has 0 aliphatic carbocycles. The standard InChI is InChI=1S/C20H27N7O2S/c1-20(2,3)29-19(28)25-14-8-6-7-13(9-14)23-17-16(30-5)11-21-18(26-17)24-15-10-22-27(4)12-15/h6-12,18,23-24,26H,1-5H3,(H,25,28). The van der Waals surface area contributed by atoms with E-state index in [0.29, 0.717) is 5.69 Å². The molecular weight excluding hydrogens is 402 g/mol. The van der Waals surface area contributed by atoms with Crippen LogP contribution in [0.5, 0.6) is 0 Å². The van der Waals surface area contributed by atoms with Crippen LogP contribution in [-0.2, 0) is 11.8 Å². The van der Waals surface area contributed by atoms with Crippen molar-refractivity contribution in [2.75, 3.05) is 22.2 Å². The number of ether oxygens (including phenoxy) is 1. The van der Waals surface area contributed by atoms with Gasteiger partial charge in [0.25, 0.3) is 0 Å². The fourth-order valence-corrected chi connectivity index (χ4v) is 3.15. The first-order valence-electron chi connectivity index (χ1n) is 9.42. The van der Waals surface area contributed by atoms with Crippen LogP contribution in [0.1, 0.15) is 20.8 Å². The molecule has 0 bridgehead atoms. The van der Waals surface area contributed by atoms with Crippen LogP contribution in [0, 0.1) is 0 Å². The van der Waals surface area contributed by atoms with Gasteiger partial charge < -0.3 is 20.7 Å². The highest BCUT2D eigenvalue weighted by molar-refractivity contribution is 8.03. The molecule has 1 aromatic heterocycles. The van der Waals surface area contributed by atoms with Crippen molar-refractivity contribution in [1.82, 2.24) is 15.1 Å². The number of hydrogen-bond donors (Lipinski definition) is 4. The number of aliphatic imine (C=N–C) groups is 1. The van der Waals surface area contributed by atoms with Crippen molar-refractivity contribution < 1.29 is 9.53 Å². The van der Waals surface area contributed by atoms with E-state index in [0.717, 1.165) is 22.1 Å². The Labute approximate surface area is 180 Å². The second kappa shape index (κ2) is 9.12. The summed E-state index contributed by atoms with van der Waals surface area (Å²) >= 11 is 1.58. The van der Waals surface area contributed by atoms with E-state index in [9.17, 15) is 4.79 Å². The van der Waals surface area contributed by atoms with Crippen molar-refractivity contribution in [3.8, 4) is 0 Å². The third-order valence-electron chi connectivity index (χ3n) is 3.87. The summed E-state index contributed by atoms with van der Waals surface area (Å²) in [4.78, 5) is 17.5. The largest absolute Gasteiger partial charge is 0.444 e. The van der Waals surface area contributed by atoms with Crippen molar-refractivity contribution in [2.45, 2.75) is 32.7 Å². The number of carbonyl (C=O) groups excluding carboxylic acids is 1. The average molecular weight is 430 g/mol. The molecule has 0 radical (unpaired) electrons. The Kier molecular flexibility index (Phi) is 6.56. The zero-order valence-corrected chi connectivity index (χ0v) is 18.5.